The average molecular weight is 349 g/mol. The zero-order valence-corrected chi connectivity index (χ0v) is 14.6. The molecule has 1 rings (SSSR count). The normalized spacial score (nSPS) is 15.0. The van der Waals surface area contributed by atoms with Gasteiger partial charge in [-0.1, -0.05) is 25.7 Å². The van der Waals surface area contributed by atoms with E-state index in [1.807, 2.05) is 0 Å². The minimum absolute atomic E-state index is 0. The highest BCUT2D eigenvalue weighted by atomic mass is 35.5. The van der Waals surface area contributed by atoms with Crippen molar-refractivity contribution >= 4 is 30.1 Å². The largest absolute Gasteiger partial charge is 0.353 e. The number of rotatable bonds is 8. The molecule has 7 nitrogen and oxygen atoms in total. The predicted molar refractivity (Wildman–Crippen MR) is 91.4 cm³/mol. The molecule has 0 heterocycles. The lowest BCUT2D eigenvalue weighted by atomic mass is 10.1. The van der Waals surface area contributed by atoms with Crippen molar-refractivity contribution in [2.24, 2.45) is 0 Å². The number of amides is 3. The Hall–Kier alpha value is -1.34. The summed E-state index contributed by atoms with van der Waals surface area (Å²) in [4.78, 5) is 33.5. The van der Waals surface area contributed by atoms with Gasteiger partial charge in [-0.25, -0.2) is 0 Å². The summed E-state index contributed by atoms with van der Waals surface area (Å²) in [5.74, 6) is -0.870. The lowest BCUT2D eigenvalue weighted by Gasteiger charge is -2.16. The minimum atomic E-state index is -0.373. The van der Waals surface area contributed by atoms with Crippen LogP contribution in [0.3, 0.4) is 0 Å². The van der Waals surface area contributed by atoms with Gasteiger partial charge in [0.15, 0.2) is 0 Å². The maximum absolute atomic E-state index is 11.6. The summed E-state index contributed by atoms with van der Waals surface area (Å²) >= 11 is 0. The van der Waals surface area contributed by atoms with Gasteiger partial charge in [0.25, 0.3) is 0 Å². The summed E-state index contributed by atoms with van der Waals surface area (Å²) in [6.07, 6.45) is 7.65. The van der Waals surface area contributed by atoms with Crippen LogP contribution < -0.4 is 21.3 Å². The Labute approximate surface area is 144 Å². The van der Waals surface area contributed by atoms with E-state index in [-0.39, 0.29) is 43.2 Å². The molecular formula is C15H29ClN4O3. The fourth-order valence-corrected chi connectivity index (χ4v) is 2.47. The third-order valence-electron chi connectivity index (χ3n) is 3.68. The highest BCUT2D eigenvalue weighted by Gasteiger charge is 2.11. The third kappa shape index (κ3) is 11.8. The molecule has 0 aromatic heterocycles. The lowest BCUT2D eigenvalue weighted by Crippen LogP contribution is -2.43. The van der Waals surface area contributed by atoms with E-state index < -0.39 is 0 Å². The molecule has 4 N–H and O–H groups in total. The summed E-state index contributed by atoms with van der Waals surface area (Å²) in [6.45, 7) is 2.46. The van der Waals surface area contributed by atoms with Crippen LogP contribution in [0, 0.1) is 0 Å². The smallest absolute Gasteiger partial charge is 0.239 e. The first-order valence-corrected chi connectivity index (χ1v) is 8.09. The van der Waals surface area contributed by atoms with Gasteiger partial charge in [0.1, 0.15) is 0 Å². The summed E-state index contributed by atoms with van der Waals surface area (Å²) in [7, 11) is 0. The Balaban J connectivity index is 0.00000484. The van der Waals surface area contributed by atoms with Crippen LogP contribution in [0.15, 0.2) is 0 Å². The van der Waals surface area contributed by atoms with E-state index >= 15 is 0 Å². The van der Waals surface area contributed by atoms with Crippen LogP contribution in [-0.4, -0.2) is 49.9 Å². The molecule has 0 atom stereocenters. The van der Waals surface area contributed by atoms with Gasteiger partial charge >= 0.3 is 0 Å². The quantitative estimate of drug-likeness (QED) is 0.369. The molecule has 3 amide bonds. The van der Waals surface area contributed by atoms with Crippen molar-refractivity contribution < 1.29 is 14.4 Å². The number of carbonyl (C=O) groups is 3. The van der Waals surface area contributed by atoms with Crippen LogP contribution in [0.4, 0.5) is 0 Å². The van der Waals surface area contributed by atoms with E-state index in [1.165, 1.54) is 45.4 Å². The average Bonchev–Trinajstić information content (AvgIpc) is 2.76. The Morgan fingerprint density at radius 1 is 0.826 bits per heavy atom. The maximum Gasteiger partial charge on any atom is 0.239 e. The van der Waals surface area contributed by atoms with E-state index in [1.54, 1.807) is 0 Å². The summed E-state index contributed by atoms with van der Waals surface area (Å²) in [6, 6.07) is 0.566. The van der Waals surface area contributed by atoms with Crippen molar-refractivity contribution in [3.05, 3.63) is 0 Å². The molecule has 0 aromatic carbocycles. The van der Waals surface area contributed by atoms with Crippen LogP contribution in [0.1, 0.15) is 45.4 Å². The topological polar surface area (TPSA) is 99.3 Å². The Kier molecular flexibility index (Phi) is 12.4. The first kappa shape index (κ1) is 21.7. The predicted octanol–water partition coefficient (Wildman–Crippen LogP) is 0.0891. The standard InChI is InChI=1S/C15H28N4O3.ClH/c1-12(20)18-10-15(22)19-11-14(21)17-9-8-16-13-6-4-2-3-5-7-13;/h13,16H,2-11H2,1H3,(H,17,21)(H,18,20)(H,19,22);1H. The Bertz CT molecular complexity index is 372. The number of halogens is 1. The second kappa shape index (κ2) is 13.1. The molecule has 0 spiro atoms. The summed E-state index contributed by atoms with van der Waals surface area (Å²) < 4.78 is 0. The van der Waals surface area contributed by atoms with Crippen LogP contribution >= 0.6 is 12.4 Å². The Morgan fingerprint density at radius 3 is 2.00 bits per heavy atom. The van der Waals surface area contributed by atoms with E-state index in [0.717, 1.165) is 6.54 Å². The molecule has 0 aromatic rings. The van der Waals surface area contributed by atoms with Crippen LogP contribution in [0.5, 0.6) is 0 Å². The van der Waals surface area contributed by atoms with Crippen LogP contribution in [0.25, 0.3) is 0 Å². The molecule has 1 saturated carbocycles. The first-order chi connectivity index (χ1) is 10.6. The summed E-state index contributed by atoms with van der Waals surface area (Å²) in [5.41, 5.74) is 0. The van der Waals surface area contributed by atoms with E-state index in [0.29, 0.717) is 12.6 Å². The van der Waals surface area contributed by atoms with Gasteiger partial charge in [-0.2, -0.15) is 0 Å². The number of nitrogens with one attached hydrogen (secondary N) is 4. The molecule has 0 bridgehead atoms. The van der Waals surface area contributed by atoms with Crippen molar-refractivity contribution in [1.82, 2.24) is 21.3 Å². The number of hydrogen-bond donors (Lipinski definition) is 4. The number of carbonyl (C=O) groups excluding carboxylic acids is 3. The zero-order valence-electron chi connectivity index (χ0n) is 13.8. The van der Waals surface area contributed by atoms with Crippen LogP contribution in [0.2, 0.25) is 0 Å². The molecule has 1 aliphatic rings. The van der Waals surface area contributed by atoms with Crippen molar-refractivity contribution in [1.29, 1.82) is 0 Å². The maximum atomic E-state index is 11.6. The third-order valence-corrected chi connectivity index (χ3v) is 3.68. The van der Waals surface area contributed by atoms with Crippen molar-refractivity contribution in [3.8, 4) is 0 Å². The van der Waals surface area contributed by atoms with E-state index in [4.69, 9.17) is 0 Å². The fourth-order valence-electron chi connectivity index (χ4n) is 2.47. The van der Waals surface area contributed by atoms with Crippen molar-refractivity contribution in [2.45, 2.75) is 51.5 Å². The molecule has 1 fully saturated rings. The highest BCUT2D eigenvalue weighted by Crippen LogP contribution is 2.16. The van der Waals surface area contributed by atoms with Crippen molar-refractivity contribution in [2.75, 3.05) is 26.2 Å². The SMILES string of the molecule is CC(=O)NCC(=O)NCC(=O)NCCNC1CCCCCC1.Cl. The van der Waals surface area contributed by atoms with Gasteiger partial charge in [0.05, 0.1) is 13.1 Å². The van der Waals surface area contributed by atoms with E-state index in [2.05, 4.69) is 21.3 Å². The molecule has 0 unspecified atom stereocenters. The monoisotopic (exact) mass is 348 g/mol. The van der Waals surface area contributed by atoms with Gasteiger partial charge in [-0.15, -0.1) is 12.4 Å². The van der Waals surface area contributed by atoms with Crippen molar-refractivity contribution in [3.63, 3.8) is 0 Å². The molecule has 134 valence electrons. The molecule has 0 aliphatic heterocycles. The van der Waals surface area contributed by atoms with Crippen LogP contribution in [-0.2, 0) is 14.4 Å². The van der Waals surface area contributed by atoms with Gasteiger partial charge in [0, 0.05) is 26.1 Å². The number of hydrogen-bond acceptors (Lipinski definition) is 4. The second-order valence-corrected chi connectivity index (χ2v) is 5.68. The minimum Gasteiger partial charge on any atom is -0.353 e. The zero-order chi connectivity index (χ0) is 16.2. The molecular weight excluding hydrogens is 320 g/mol. The highest BCUT2D eigenvalue weighted by molar-refractivity contribution is 5.87. The van der Waals surface area contributed by atoms with Gasteiger partial charge in [-0.3, -0.25) is 14.4 Å². The lowest BCUT2D eigenvalue weighted by molar-refractivity contribution is -0.127. The Morgan fingerprint density at radius 2 is 1.39 bits per heavy atom. The molecule has 23 heavy (non-hydrogen) atoms. The first-order valence-electron chi connectivity index (χ1n) is 8.09. The van der Waals surface area contributed by atoms with Gasteiger partial charge < -0.3 is 21.3 Å². The second-order valence-electron chi connectivity index (χ2n) is 5.68. The molecule has 8 heteroatoms. The van der Waals surface area contributed by atoms with Gasteiger partial charge in [-0.05, 0) is 12.8 Å². The van der Waals surface area contributed by atoms with Gasteiger partial charge in [0.2, 0.25) is 17.7 Å². The summed E-state index contributed by atoms with van der Waals surface area (Å²) in [5, 5.41) is 11.0. The molecule has 0 saturated heterocycles. The van der Waals surface area contributed by atoms with E-state index in [9.17, 15) is 14.4 Å². The molecule has 0 radical (unpaired) electrons. The fraction of sp³-hybridized carbons (Fsp3) is 0.800. The molecule has 1 aliphatic carbocycles.